The van der Waals surface area contributed by atoms with Crippen LogP contribution in [0.4, 0.5) is 0 Å². The van der Waals surface area contributed by atoms with Gasteiger partial charge in [0, 0.05) is 5.33 Å². The molecular formula is C9H15BrO. The van der Waals surface area contributed by atoms with Crippen LogP contribution in [0.15, 0.2) is 0 Å². The molecule has 0 aromatic heterocycles. The van der Waals surface area contributed by atoms with Crippen molar-refractivity contribution in [2.24, 2.45) is 5.92 Å². The van der Waals surface area contributed by atoms with E-state index in [2.05, 4.69) is 15.9 Å². The summed E-state index contributed by atoms with van der Waals surface area (Å²) in [6, 6.07) is 0. The molecule has 1 aliphatic heterocycles. The minimum Gasteiger partial charge on any atom is -0.374 e. The summed E-state index contributed by atoms with van der Waals surface area (Å²) < 4.78 is 5.87. The first-order valence-corrected chi connectivity index (χ1v) is 5.73. The van der Waals surface area contributed by atoms with Crippen LogP contribution in [0.25, 0.3) is 0 Å². The van der Waals surface area contributed by atoms with Crippen molar-refractivity contribution in [1.29, 1.82) is 0 Å². The van der Waals surface area contributed by atoms with Crippen LogP contribution in [0, 0.1) is 5.92 Å². The molecule has 2 fully saturated rings. The average molecular weight is 219 g/mol. The number of ether oxygens (including phenoxy) is 1. The van der Waals surface area contributed by atoms with Gasteiger partial charge in [0.2, 0.25) is 0 Å². The first-order chi connectivity index (χ1) is 5.40. The van der Waals surface area contributed by atoms with Gasteiger partial charge < -0.3 is 4.74 Å². The van der Waals surface area contributed by atoms with Crippen LogP contribution >= 0.6 is 15.9 Å². The second kappa shape index (κ2) is 3.44. The van der Waals surface area contributed by atoms with Gasteiger partial charge in [-0.05, 0) is 25.2 Å². The largest absolute Gasteiger partial charge is 0.374 e. The molecule has 2 aliphatic rings. The van der Waals surface area contributed by atoms with Crippen LogP contribution < -0.4 is 0 Å². The molecule has 0 unspecified atom stereocenters. The Morgan fingerprint density at radius 2 is 2.09 bits per heavy atom. The Hall–Kier alpha value is 0.440. The molecule has 0 spiro atoms. The van der Waals surface area contributed by atoms with Gasteiger partial charge in [0.15, 0.2) is 0 Å². The number of alkyl halides is 1. The predicted molar refractivity (Wildman–Crippen MR) is 49.0 cm³/mol. The Bertz CT molecular complexity index is 124. The standard InChI is InChI=1S/C9H15BrO/c10-6-8-5-7-3-1-2-4-9(7)11-8/h7-9H,1-6H2/t7-,8-,9+/m1/s1. The summed E-state index contributed by atoms with van der Waals surface area (Å²) in [7, 11) is 0. The quantitative estimate of drug-likeness (QED) is 0.616. The van der Waals surface area contributed by atoms with Crippen molar-refractivity contribution >= 4 is 15.9 Å². The summed E-state index contributed by atoms with van der Waals surface area (Å²) in [4.78, 5) is 0. The van der Waals surface area contributed by atoms with Crippen molar-refractivity contribution in [1.82, 2.24) is 0 Å². The Labute approximate surface area is 76.6 Å². The van der Waals surface area contributed by atoms with Crippen molar-refractivity contribution in [3.63, 3.8) is 0 Å². The molecule has 1 saturated carbocycles. The average Bonchev–Trinajstić information content (AvgIpc) is 2.46. The van der Waals surface area contributed by atoms with Crippen molar-refractivity contribution in [2.75, 3.05) is 5.33 Å². The maximum absolute atomic E-state index is 5.87. The van der Waals surface area contributed by atoms with Crippen molar-refractivity contribution < 1.29 is 4.74 Å². The van der Waals surface area contributed by atoms with Gasteiger partial charge in [0.25, 0.3) is 0 Å². The van der Waals surface area contributed by atoms with Gasteiger partial charge in [-0.2, -0.15) is 0 Å². The maximum atomic E-state index is 5.87. The lowest BCUT2D eigenvalue weighted by atomic mass is 9.86. The fourth-order valence-electron chi connectivity index (χ4n) is 2.36. The third-order valence-corrected chi connectivity index (χ3v) is 3.67. The van der Waals surface area contributed by atoms with Crippen LogP contribution in [0.2, 0.25) is 0 Å². The fourth-order valence-corrected chi connectivity index (χ4v) is 2.78. The predicted octanol–water partition coefficient (Wildman–Crippen LogP) is 2.73. The number of hydrogen-bond donors (Lipinski definition) is 0. The van der Waals surface area contributed by atoms with Crippen LogP contribution in [0.3, 0.4) is 0 Å². The minimum atomic E-state index is 0.517. The molecule has 0 aromatic carbocycles. The molecule has 1 nitrogen and oxygen atoms in total. The van der Waals surface area contributed by atoms with E-state index in [0.717, 1.165) is 11.2 Å². The molecular weight excluding hydrogens is 204 g/mol. The summed E-state index contributed by atoms with van der Waals surface area (Å²) in [5, 5.41) is 1.03. The lowest BCUT2D eigenvalue weighted by Crippen LogP contribution is -2.20. The number of fused-ring (bicyclic) bond motifs is 1. The van der Waals surface area contributed by atoms with Gasteiger partial charge in [-0.1, -0.05) is 28.8 Å². The molecule has 1 heterocycles. The monoisotopic (exact) mass is 218 g/mol. The summed E-state index contributed by atoms with van der Waals surface area (Å²) in [6.07, 6.45) is 7.97. The highest BCUT2D eigenvalue weighted by Gasteiger charge is 2.35. The molecule has 0 aromatic rings. The van der Waals surface area contributed by atoms with Gasteiger partial charge in [0.1, 0.15) is 0 Å². The zero-order chi connectivity index (χ0) is 7.68. The first-order valence-electron chi connectivity index (χ1n) is 4.61. The highest BCUT2D eigenvalue weighted by Crippen LogP contribution is 2.37. The zero-order valence-corrected chi connectivity index (χ0v) is 8.35. The highest BCUT2D eigenvalue weighted by atomic mass is 79.9. The van der Waals surface area contributed by atoms with E-state index in [9.17, 15) is 0 Å². The summed E-state index contributed by atoms with van der Waals surface area (Å²) >= 11 is 3.48. The van der Waals surface area contributed by atoms with Crippen LogP contribution in [0.5, 0.6) is 0 Å². The lowest BCUT2D eigenvalue weighted by molar-refractivity contribution is 0.0296. The second-order valence-corrected chi connectivity index (χ2v) is 4.38. The van der Waals surface area contributed by atoms with E-state index in [4.69, 9.17) is 4.74 Å². The van der Waals surface area contributed by atoms with Gasteiger partial charge >= 0.3 is 0 Å². The van der Waals surface area contributed by atoms with E-state index < -0.39 is 0 Å². The van der Waals surface area contributed by atoms with Crippen molar-refractivity contribution in [3.8, 4) is 0 Å². The SMILES string of the molecule is BrC[C@H]1C[C@H]2CCCC[C@@H]2O1. The summed E-state index contributed by atoms with van der Waals surface area (Å²) in [5.41, 5.74) is 0. The fraction of sp³-hybridized carbons (Fsp3) is 1.00. The molecule has 64 valence electrons. The van der Waals surface area contributed by atoms with E-state index >= 15 is 0 Å². The van der Waals surface area contributed by atoms with E-state index in [1.54, 1.807) is 0 Å². The van der Waals surface area contributed by atoms with Crippen molar-refractivity contribution in [2.45, 2.75) is 44.3 Å². The third-order valence-electron chi connectivity index (χ3n) is 2.94. The Morgan fingerprint density at radius 3 is 2.82 bits per heavy atom. The molecule has 2 rings (SSSR count). The smallest absolute Gasteiger partial charge is 0.0679 e. The minimum absolute atomic E-state index is 0.517. The summed E-state index contributed by atoms with van der Waals surface area (Å²) in [5.74, 6) is 0.895. The topological polar surface area (TPSA) is 9.23 Å². The van der Waals surface area contributed by atoms with Gasteiger partial charge in [0.05, 0.1) is 12.2 Å². The number of halogens is 1. The van der Waals surface area contributed by atoms with E-state index in [1.807, 2.05) is 0 Å². The van der Waals surface area contributed by atoms with Gasteiger partial charge in [-0.15, -0.1) is 0 Å². The van der Waals surface area contributed by atoms with Gasteiger partial charge in [-0.3, -0.25) is 0 Å². The lowest BCUT2D eigenvalue weighted by Gasteiger charge is -2.23. The Balaban J connectivity index is 1.92. The molecule has 0 radical (unpaired) electrons. The molecule has 3 atom stereocenters. The normalized spacial score (nSPS) is 43.9. The van der Waals surface area contributed by atoms with E-state index in [1.165, 1.54) is 32.1 Å². The van der Waals surface area contributed by atoms with Crippen molar-refractivity contribution in [3.05, 3.63) is 0 Å². The molecule has 11 heavy (non-hydrogen) atoms. The molecule has 0 bridgehead atoms. The molecule has 1 aliphatic carbocycles. The van der Waals surface area contributed by atoms with Crippen LogP contribution in [-0.4, -0.2) is 17.5 Å². The first kappa shape index (κ1) is 8.06. The number of hydrogen-bond acceptors (Lipinski definition) is 1. The van der Waals surface area contributed by atoms with Crippen LogP contribution in [-0.2, 0) is 4.74 Å². The van der Waals surface area contributed by atoms with E-state index in [-0.39, 0.29) is 0 Å². The zero-order valence-electron chi connectivity index (χ0n) is 6.76. The third kappa shape index (κ3) is 1.62. The molecule has 1 saturated heterocycles. The molecule has 2 heteroatoms. The van der Waals surface area contributed by atoms with E-state index in [0.29, 0.717) is 12.2 Å². The Kier molecular flexibility index (Phi) is 2.52. The molecule has 0 N–H and O–H groups in total. The molecule has 0 amide bonds. The Morgan fingerprint density at radius 1 is 1.27 bits per heavy atom. The highest BCUT2D eigenvalue weighted by molar-refractivity contribution is 9.09. The number of rotatable bonds is 1. The second-order valence-electron chi connectivity index (χ2n) is 3.73. The summed E-state index contributed by atoms with van der Waals surface area (Å²) in [6.45, 7) is 0. The maximum Gasteiger partial charge on any atom is 0.0679 e. The van der Waals surface area contributed by atoms with Gasteiger partial charge in [-0.25, -0.2) is 0 Å². The van der Waals surface area contributed by atoms with Crippen LogP contribution in [0.1, 0.15) is 32.1 Å².